The third kappa shape index (κ3) is 4.10. The van der Waals surface area contributed by atoms with Crippen LogP contribution in [0.15, 0.2) is 10.7 Å². The van der Waals surface area contributed by atoms with Crippen molar-refractivity contribution in [2.24, 2.45) is 0 Å². The Hall–Kier alpha value is -0.880. The van der Waals surface area contributed by atoms with E-state index in [1.165, 1.54) is 0 Å². The zero-order valence-corrected chi connectivity index (χ0v) is 12.7. The summed E-state index contributed by atoms with van der Waals surface area (Å²) in [4.78, 5) is 8.48. The normalized spacial score (nSPS) is 11.4. The Balaban J connectivity index is 2.74. The van der Waals surface area contributed by atoms with E-state index in [0.717, 1.165) is 11.0 Å². The summed E-state index contributed by atoms with van der Waals surface area (Å²) in [6, 6.07) is 0. The van der Waals surface area contributed by atoms with Crippen molar-refractivity contribution < 1.29 is 5.11 Å². The van der Waals surface area contributed by atoms with Crippen LogP contribution in [-0.2, 0) is 0 Å². The number of aliphatic hydroxyl groups is 1. The number of nitrogens with zero attached hydrogens (tertiary/aromatic N) is 2. The molecule has 1 aromatic heterocycles. The van der Waals surface area contributed by atoms with E-state index < -0.39 is 5.60 Å². The van der Waals surface area contributed by atoms with Crippen LogP contribution in [0.5, 0.6) is 0 Å². The van der Waals surface area contributed by atoms with Gasteiger partial charge in [-0.25, -0.2) is 4.98 Å². The highest BCUT2D eigenvalue weighted by Crippen LogP contribution is 2.22. The molecule has 0 spiro atoms. The Morgan fingerprint density at radius 1 is 1.28 bits per heavy atom. The Morgan fingerprint density at radius 2 is 1.94 bits per heavy atom. The third-order valence-electron chi connectivity index (χ3n) is 2.98. The molecule has 0 bridgehead atoms. The van der Waals surface area contributed by atoms with Crippen molar-refractivity contribution in [1.29, 1.82) is 0 Å². The number of hydrogen-bond acceptors (Lipinski definition) is 5. The van der Waals surface area contributed by atoms with Crippen molar-refractivity contribution >= 4 is 27.7 Å². The first-order chi connectivity index (χ1) is 8.54. The summed E-state index contributed by atoms with van der Waals surface area (Å²) in [5.41, 5.74) is -0.692. The van der Waals surface area contributed by atoms with Gasteiger partial charge in [0.15, 0.2) is 0 Å². The summed E-state index contributed by atoms with van der Waals surface area (Å²) in [7, 11) is 0. The lowest BCUT2D eigenvalue weighted by atomic mass is 9.98. The van der Waals surface area contributed by atoms with Crippen molar-refractivity contribution in [3.8, 4) is 0 Å². The van der Waals surface area contributed by atoms with E-state index in [0.29, 0.717) is 31.2 Å². The van der Waals surface area contributed by atoms with E-state index in [1.807, 2.05) is 20.8 Å². The molecule has 1 aromatic rings. The van der Waals surface area contributed by atoms with Gasteiger partial charge in [0.25, 0.3) is 0 Å². The minimum Gasteiger partial charge on any atom is -0.388 e. The van der Waals surface area contributed by atoms with Crippen LogP contribution >= 0.6 is 15.9 Å². The summed E-state index contributed by atoms with van der Waals surface area (Å²) < 4.78 is 0.790. The summed E-state index contributed by atoms with van der Waals surface area (Å²) in [6.45, 7) is 7.19. The highest BCUT2D eigenvalue weighted by Gasteiger charge is 2.22. The molecule has 1 rings (SSSR count). The van der Waals surface area contributed by atoms with Crippen molar-refractivity contribution in [2.75, 3.05) is 23.7 Å². The predicted molar refractivity (Wildman–Crippen MR) is 77.9 cm³/mol. The molecule has 18 heavy (non-hydrogen) atoms. The Labute approximate surface area is 117 Å². The molecule has 3 N–H and O–H groups in total. The molecular weight excluding hydrogens is 296 g/mol. The fraction of sp³-hybridized carbons (Fsp3) is 0.667. The van der Waals surface area contributed by atoms with Crippen LogP contribution in [0.2, 0.25) is 0 Å². The fourth-order valence-electron chi connectivity index (χ4n) is 1.48. The van der Waals surface area contributed by atoms with Gasteiger partial charge in [-0.3, -0.25) is 0 Å². The first-order valence-electron chi connectivity index (χ1n) is 6.27. The number of nitrogens with one attached hydrogen (secondary N) is 2. The molecule has 1 heterocycles. The van der Waals surface area contributed by atoms with Gasteiger partial charge in [0, 0.05) is 19.3 Å². The average molecular weight is 317 g/mol. The largest absolute Gasteiger partial charge is 0.388 e. The van der Waals surface area contributed by atoms with Gasteiger partial charge < -0.3 is 15.7 Å². The lowest BCUT2D eigenvalue weighted by Crippen LogP contribution is -2.35. The van der Waals surface area contributed by atoms with Gasteiger partial charge in [-0.1, -0.05) is 13.8 Å². The molecule has 0 aliphatic rings. The summed E-state index contributed by atoms with van der Waals surface area (Å²) in [5.74, 6) is 1.28. The van der Waals surface area contributed by atoms with E-state index in [-0.39, 0.29) is 0 Å². The lowest BCUT2D eigenvalue weighted by molar-refractivity contribution is 0.0456. The van der Waals surface area contributed by atoms with Crippen molar-refractivity contribution in [3.63, 3.8) is 0 Å². The van der Waals surface area contributed by atoms with E-state index >= 15 is 0 Å². The first kappa shape index (κ1) is 15.2. The predicted octanol–water partition coefficient (Wildman–Crippen LogP) is 2.63. The minimum absolute atomic E-state index is 0.473. The van der Waals surface area contributed by atoms with Gasteiger partial charge in [0.05, 0.1) is 10.1 Å². The molecule has 0 radical (unpaired) electrons. The van der Waals surface area contributed by atoms with E-state index in [9.17, 15) is 5.11 Å². The molecule has 0 saturated carbocycles. The monoisotopic (exact) mass is 316 g/mol. The van der Waals surface area contributed by atoms with Crippen molar-refractivity contribution in [2.45, 2.75) is 39.2 Å². The molecule has 102 valence electrons. The summed E-state index contributed by atoms with van der Waals surface area (Å²) in [5, 5.41) is 16.4. The molecule has 6 heteroatoms. The van der Waals surface area contributed by atoms with Gasteiger partial charge >= 0.3 is 0 Å². The van der Waals surface area contributed by atoms with Gasteiger partial charge in [-0.2, -0.15) is 4.98 Å². The van der Waals surface area contributed by atoms with Crippen LogP contribution in [0.1, 0.15) is 33.6 Å². The quantitative estimate of drug-likeness (QED) is 0.721. The zero-order chi connectivity index (χ0) is 13.6. The van der Waals surface area contributed by atoms with Crippen LogP contribution in [0.25, 0.3) is 0 Å². The molecule has 0 unspecified atom stereocenters. The smallest absolute Gasteiger partial charge is 0.224 e. The standard InChI is InChI=1S/C12H21BrN4O/c1-4-12(18,5-2)8-16-10-9(13)7-15-11(17-10)14-6-3/h7,18H,4-6,8H2,1-3H3,(H2,14,15,16,17). The van der Waals surface area contributed by atoms with Crippen LogP contribution in [0.3, 0.4) is 0 Å². The maximum atomic E-state index is 10.2. The van der Waals surface area contributed by atoms with E-state index in [1.54, 1.807) is 6.20 Å². The number of hydrogen-bond donors (Lipinski definition) is 3. The molecule has 0 aliphatic heterocycles. The van der Waals surface area contributed by atoms with Crippen molar-refractivity contribution in [3.05, 3.63) is 10.7 Å². The second kappa shape index (κ2) is 6.89. The highest BCUT2D eigenvalue weighted by atomic mass is 79.9. The molecule has 0 fully saturated rings. The molecular formula is C12H21BrN4O. The number of anilines is 2. The highest BCUT2D eigenvalue weighted by molar-refractivity contribution is 9.10. The molecule has 0 atom stereocenters. The summed E-state index contributed by atoms with van der Waals surface area (Å²) >= 11 is 3.40. The maximum absolute atomic E-state index is 10.2. The molecule has 0 aliphatic carbocycles. The third-order valence-corrected chi connectivity index (χ3v) is 3.56. The summed E-state index contributed by atoms with van der Waals surface area (Å²) in [6.07, 6.45) is 3.11. The van der Waals surface area contributed by atoms with Crippen LogP contribution < -0.4 is 10.6 Å². The number of aromatic nitrogens is 2. The van der Waals surface area contributed by atoms with E-state index in [2.05, 4.69) is 36.5 Å². The maximum Gasteiger partial charge on any atom is 0.224 e. The molecule has 5 nitrogen and oxygen atoms in total. The van der Waals surface area contributed by atoms with Crippen LogP contribution in [-0.4, -0.2) is 33.8 Å². The average Bonchev–Trinajstić information content (AvgIpc) is 2.39. The molecule has 0 saturated heterocycles. The fourth-order valence-corrected chi connectivity index (χ4v) is 1.81. The van der Waals surface area contributed by atoms with Crippen LogP contribution in [0.4, 0.5) is 11.8 Å². The SMILES string of the molecule is CCNc1ncc(Br)c(NCC(O)(CC)CC)n1. The number of halogens is 1. The minimum atomic E-state index is -0.692. The van der Waals surface area contributed by atoms with Gasteiger partial charge in [-0.15, -0.1) is 0 Å². The van der Waals surface area contributed by atoms with E-state index in [4.69, 9.17) is 0 Å². The molecule has 0 amide bonds. The second-order valence-corrected chi connectivity index (χ2v) is 5.06. The lowest BCUT2D eigenvalue weighted by Gasteiger charge is -2.25. The Bertz CT molecular complexity index is 382. The first-order valence-corrected chi connectivity index (χ1v) is 7.06. The van der Waals surface area contributed by atoms with Gasteiger partial charge in [-0.05, 0) is 35.7 Å². The van der Waals surface area contributed by atoms with Gasteiger partial charge in [0.2, 0.25) is 5.95 Å². The Morgan fingerprint density at radius 3 is 2.50 bits per heavy atom. The topological polar surface area (TPSA) is 70.1 Å². The second-order valence-electron chi connectivity index (χ2n) is 4.21. The van der Waals surface area contributed by atoms with Gasteiger partial charge in [0.1, 0.15) is 5.82 Å². The number of rotatable bonds is 7. The van der Waals surface area contributed by atoms with Crippen molar-refractivity contribution in [1.82, 2.24) is 9.97 Å². The van der Waals surface area contributed by atoms with Crippen LogP contribution in [0, 0.1) is 0 Å². The zero-order valence-electron chi connectivity index (χ0n) is 11.1. The Kier molecular flexibility index (Phi) is 5.81. The molecule has 0 aromatic carbocycles.